The Morgan fingerprint density at radius 3 is 2.43 bits per heavy atom. The first kappa shape index (κ1) is 13.7. The first-order valence-corrected chi connectivity index (χ1v) is 7.47. The van der Waals surface area contributed by atoms with Crippen molar-refractivity contribution in [1.29, 1.82) is 0 Å². The molecule has 0 aliphatic rings. The van der Waals surface area contributed by atoms with E-state index in [4.69, 9.17) is 0 Å². The van der Waals surface area contributed by atoms with Gasteiger partial charge in [0.05, 0.1) is 22.9 Å². The van der Waals surface area contributed by atoms with Gasteiger partial charge in [0.2, 0.25) is 5.95 Å². The maximum Gasteiger partial charge on any atom is 0.225 e. The van der Waals surface area contributed by atoms with Crippen molar-refractivity contribution >= 4 is 27.9 Å². The van der Waals surface area contributed by atoms with Gasteiger partial charge < -0.3 is 9.47 Å². The lowest BCUT2D eigenvalue weighted by atomic mass is 10.0. The molecule has 0 N–H and O–H groups in total. The Morgan fingerprint density at radius 1 is 0.913 bits per heavy atom. The van der Waals surface area contributed by atoms with E-state index >= 15 is 0 Å². The van der Waals surface area contributed by atoms with Crippen LogP contribution in [0.15, 0.2) is 48.9 Å². The summed E-state index contributed by atoms with van der Waals surface area (Å²) in [6, 6.07) is 12.6. The monoisotopic (exact) mass is 303 g/mol. The van der Waals surface area contributed by atoms with Crippen molar-refractivity contribution in [3.05, 3.63) is 48.9 Å². The van der Waals surface area contributed by atoms with Gasteiger partial charge in [-0.25, -0.2) is 15.0 Å². The largest absolute Gasteiger partial charge is 0.347 e. The van der Waals surface area contributed by atoms with Crippen molar-refractivity contribution in [3.8, 4) is 11.1 Å². The number of aromatic nitrogens is 4. The third-order valence-corrected chi connectivity index (χ3v) is 4.03. The van der Waals surface area contributed by atoms with Crippen LogP contribution in [0.5, 0.6) is 0 Å². The second-order valence-corrected chi connectivity index (χ2v) is 5.90. The van der Waals surface area contributed by atoms with Crippen LogP contribution < -0.4 is 4.90 Å². The number of imidazole rings is 1. The molecule has 23 heavy (non-hydrogen) atoms. The minimum Gasteiger partial charge on any atom is -0.347 e. The second kappa shape index (κ2) is 5.05. The molecule has 0 saturated carbocycles. The Labute approximate surface area is 134 Å². The highest BCUT2D eigenvalue weighted by molar-refractivity contribution is 5.87. The lowest BCUT2D eigenvalue weighted by Gasteiger charge is -2.10. The van der Waals surface area contributed by atoms with E-state index in [0.717, 1.165) is 33.4 Å². The molecule has 2 heterocycles. The predicted octanol–water partition coefficient (Wildman–Crippen LogP) is 3.25. The first-order valence-electron chi connectivity index (χ1n) is 7.47. The van der Waals surface area contributed by atoms with Crippen LogP contribution in [0.2, 0.25) is 0 Å². The number of nitrogens with zero attached hydrogens (tertiary/aromatic N) is 5. The fourth-order valence-electron chi connectivity index (χ4n) is 2.72. The molecule has 0 bridgehead atoms. The number of benzene rings is 2. The smallest absolute Gasteiger partial charge is 0.225 e. The number of hydrogen-bond donors (Lipinski definition) is 0. The summed E-state index contributed by atoms with van der Waals surface area (Å²) in [5.41, 5.74) is 5.41. The van der Waals surface area contributed by atoms with E-state index in [9.17, 15) is 0 Å². The van der Waals surface area contributed by atoms with E-state index < -0.39 is 0 Å². The van der Waals surface area contributed by atoms with Crippen LogP contribution >= 0.6 is 0 Å². The Balaban J connectivity index is 1.83. The SMILES string of the molecule is CN(C)c1ncc2cc(-c3ccc4ncn(C)c4c3)ccc2n1. The van der Waals surface area contributed by atoms with Crippen LogP contribution in [0.25, 0.3) is 33.1 Å². The Kier molecular flexibility index (Phi) is 3.01. The minimum absolute atomic E-state index is 0.724. The van der Waals surface area contributed by atoms with Gasteiger partial charge in [-0.15, -0.1) is 0 Å². The summed E-state index contributed by atoms with van der Waals surface area (Å²) < 4.78 is 2.03. The zero-order chi connectivity index (χ0) is 16.0. The molecule has 5 nitrogen and oxygen atoms in total. The fourth-order valence-corrected chi connectivity index (χ4v) is 2.72. The van der Waals surface area contributed by atoms with Gasteiger partial charge in [-0.2, -0.15) is 0 Å². The van der Waals surface area contributed by atoms with E-state index in [-0.39, 0.29) is 0 Å². The fraction of sp³-hybridized carbons (Fsp3) is 0.167. The molecule has 2 aromatic carbocycles. The van der Waals surface area contributed by atoms with Crippen molar-refractivity contribution in [1.82, 2.24) is 19.5 Å². The van der Waals surface area contributed by atoms with E-state index in [1.54, 1.807) is 0 Å². The van der Waals surface area contributed by atoms with Gasteiger partial charge in [-0.3, -0.25) is 0 Å². The number of anilines is 1. The van der Waals surface area contributed by atoms with Gasteiger partial charge in [0.25, 0.3) is 0 Å². The van der Waals surface area contributed by atoms with E-state index in [0.29, 0.717) is 0 Å². The van der Waals surface area contributed by atoms with Crippen LogP contribution in [0.3, 0.4) is 0 Å². The number of aryl methyl sites for hydroxylation is 1. The number of rotatable bonds is 2. The molecule has 0 radical (unpaired) electrons. The topological polar surface area (TPSA) is 46.8 Å². The highest BCUT2D eigenvalue weighted by Gasteiger charge is 2.06. The molecule has 0 unspecified atom stereocenters. The second-order valence-electron chi connectivity index (χ2n) is 5.90. The van der Waals surface area contributed by atoms with Gasteiger partial charge in [-0.1, -0.05) is 12.1 Å². The quantitative estimate of drug-likeness (QED) is 0.570. The standard InChI is InChI=1S/C18H17N5/c1-22(2)18-19-10-14-8-12(4-6-15(14)21-18)13-5-7-16-17(9-13)23(3)11-20-16/h4-11H,1-3H3. The molecule has 0 fully saturated rings. The molecule has 4 rings (SSSR count). The summed E-state index contributed by atoms with van der Waals surface area (Å²) in [6.07, 6.45) is 3.72. The van der Waals surface area contributed by atoms with E-state index in [1.165, 1.54) is 5.56 Å². The number of fused-ring (bicyclic) bond motifs is 2. The molecular weight excluding hydrogens is 286 g/mol. The molecular formula is C18H17N5. The van der Waals surface area contributed by atoms with Crippen molar-refractivity contribution in [2.45, 2.75) is 0 Å². The molecule has 0 saturated heterocycles. The highest BCUT2D eigenvalue weighted by Crippen LogP contribution is 2.26. The zero-order valence-corrected chi connectivity index (χ0v) is 13.4. The maximum atomic E-state index is 4.57. The average molecular weight is 303 g/mol. The average Bonchev–Trinajstić information content (AvgIpc) is 2.94. The highest BCUT2D eigenvalue weighted by atomic mass is 15.2. The van der Waals surface area contributed by atoms with Crippen molar-refractivity contribution in [3.63, 3.8) is 0 Å². The van der Waals surface area contributed by atoms with Gasteiger partial charge in [0, 0.05) is 32.7 Å². The first-order chi connectivity index (χ1) is 11.1. The molecule has 114 valence electrons. The lowest BCUT2D eigenvalue weighted by Crippen LogP contribution is -2.12. The van der Waals surface area contributed by atoms with Crippen LogP contribution in [0.1, 0.15) is 0 Å². The Bertz CT molecular complexity index is 1020. The van der Waals surface area contributed by atoms with Crippen molar-refractivity contribution < 1.29 is 0 Å². The number of hydrogen-bond acceptors (Lipinski definition) is 4. The van der Waals surface area contributed by atoms with Gasteiger partial charge >= 0.3 is 0 Å². The summed E-state index contributed by atoms with van der Waals surface area (Å²) in [5.74, 6) is 0.724. The van der Waals surface area contributed by atoms with Crippen LogP contribution in [-0.4, -0.2) is 33.6 Å². The summed E-state index contributed by atoms with van der Waals surface area (Å²) >= 11 is 0. The van der Waals surface area contributed by atoms with Crippen molar-refractivity contribution in [2.24, 2.45) is 7.05 Å². The summed E-state index contributed by atoms with van der Waals surface area (Å²) in [5, 5.41) is 1.04. The molecule has 0 amide bonds. The van der Waals surface area contributed by atoms with Crippen LogP contribution in [0, 0.1) is 0 Å². The normalized spacial score (nSPS) is 11.3. The Hall–Kier alpha value is -2.95. The third-order valence-electron chi connectivity index (χ3n) is 4.03. The lowest BCUT2D eigenvalue weighted by molar-refractivity contribution is 0.948. The Morgan fingerprint density at radius 2 is 1.65 bits per heavy atom. The molecule has 0 aliphatic heterocycles. The van der Waals surface area contributed by atoms with Crippen LogP contribution in [0.4, 0.5) is 5.95 Å². The predicted molar refractivity (Wildman–Crippen MR) is 93.6 cm³/mol. The molecule has 5 heteroatoms. The minimum atomic E-state index is 0.724. The van der Waals surface area contributed by atoms with Gasteiger partial charge in [-0.05, 0) is 35.4 Å². The summed E-state index contributed by atoms with van der Waals surface area (Å²) in [6.45, 7) is 0. The zero-order valence-electron chi connectivity index (χ0n) is 13.4. The van der Waals surface area contributed by atoms with E-state index in [1.807, 2.05) is 49.2 Å². The molecule has 0 aliphatic carbocycles. The molecule has 0 spiro atoms. The van der Waals surface area contributed by atoms with Crippen molar-refractivity contribution in [2.75, 3.05) is 19.0 Å². The van der Waals surface area contributed by atoms with Gasteiger partial charge in [0.15, 0.2) is 0 Å². The molecule has 4 aromatic rings. The van der Waals surface area contributed by atoms with Gasteiger partial charge in [0.1, 0.15) is 0 Å². The maximum absolute atomic E-state index is 4.57. The third kappa shape index (κ3) is 2.30. The molecule has 2 aromatic heterocycles. The van der Waals surface area contributed by atoms with E-state index in [2.05, 4.69) is 45.3 Å². The summed E-state index contributed by atoms with van der Waals surface area (Å²) in [4.78, 5) is 15.2. The van der Waals surface area contributed by atoms with Crippen LogP contribution in [-0.2, 0) is 7.05 Å². The molecule has 0 atom stereocenters. The summed E-state index contributed by atoms with van der Waals surface area (Å²) in [7, 11) is 5.90.